The lowest BCUT2D eigenvalue weighted by atomic mass is 10.1. The molecule has 170 valence electrons. The van der Waals surface area contributed by atoms with E-state index < -0.39 is 11.9 Å². The fraction of sp³-hybridized carbons (Fsp3) is 0.182. The highest BCUT2D eigenvalue weighted by atomic mass is 32.2. The predicted molar refractivity (Wildman–Crippen MR) is 122 cm³/mol. The van der Waals surface area contributed by atoms with Gasteiger partial charge in [0.05, 0.1) is 31.1 Å². The number of nitrogens with zero attached hydrogens (tertiary/aromatic N) is 4. The molecule has 0 unspecified atom stereocenters. The molecular weight excluding hydrogens is 446 g/mol. The number of hydrogen-bond donors (Lipinski definition) is 1. The molecule has 0 bridgehead atoms. The fourth-order valence-electron chi connectivity index (χ4n) is 2.90. The summed E-state index contributed by atoms with van der Waals surface area (Å²) in [6.45, 7) is 4.21. The largest absolute Gasteiger partial charge is 0.465 e. The zero-order valence-corrected chi connectivity index (χ0v) is 18.8. The summed E-state index contributed by atoms with van der Waals surface area (Å²) in [4.78, 5) is 40.5. The number of benzene rings is 1. The first-order valence-corrected chi connectivity index (χ1v) is 10.6. The van der Waals surface area contributed by atoms with E-state index in [4.69, 9.17) is 9.47 Å². The third-order valence-electron chi connectivity index (χ3n) is 4.34. The Balaban J connectivity index is 1.76. The summed E-state index contributed by atoms with van der Waals surface area (Å²) in [5.74, 6) is -1.04. The SMILES string of the molecule is C=CCn1c(SCC(=O)Nc2cc(C(=O)OC)cc(C(=O)OC)c2)nnc1-c1cccnc1. The van der Waals surface area contributed by atoms with Gasteiger partial charge < -0.3 is 14.8 Å². The summed E-state index contributed by atoms with van der Waals surface area (Å²) in [6, 6.07) is 7.83. The molecule has 11 heteroatoms. The molecule has 10 nitrogen and oxygen atoms in total. The van der Waals surface area contributed by atoms with Crippen LogP contribution in [-0.4, -0.2) is 57.6 Å². The van der Waals surface area contributed by atoms with Crippen molar-refractivity contribution in [2.45, 2.75) is 11.7 Å². The van der Waals surface area contributed by atoms with Crippen molar-refractivity contribution in [1.82, 2.24) is 19.7 Å². The van der Waals surface area contributed by atoms with Gasteiger partial charge in [-0.25, -0.2) is 9.59 Å². The molecule has 0 aliphatic heterocycles. The van der Waals surface area contributed by atoms with Crippen molar-refractivity contribution in [1.29, 1.82) is 0 Å². The van der Waals surface area contributed by atoms with Crippen LogP contribution in [0, 0.1) is 0 Å². The van der Waals surface area contributed by atoms with Crippen LogP contribution in [0.4, 0.5) is 5.69 Å². The molecule has 1 N–H and O–H groups in total. The molecule has 1 amide bonds. The number of ether oxygens (including phenoxy) is 2. The lowest BCUT2D eigenvalue weighted by molar-refractivity contribution is -0.113. The maximum atomic E-state index is 12.6. The summed E-state index contributed by atoms with van der Waals surface area (Å²) in [5, 5.41) is 11.6. The molecular formula is C22H21N5O5S. The fourth-order valence-corrected chi connectivity index (χ4v) is 3.64. The second kappa shape index (κ2) is 11.0. The van der Waals surface area contributed by atoms with Gasteiger partial charge in [-0.1, -0.05) is 17.8 Å². The zero-order chi connectivity index (χ0) is 23.8. The van der Waals surface area contributed by atoms with Gasteiger partial charge in [-0.3, -0.25) is 14.3 Å². The number of amides is 1. The van der Waals surface area contributed by atoms with E-state index in [9.17, 15) is 14.4 Å². The number of methoxy groups -OCH3 is 2. The molecule has 0 aliphatic carbocycles. The van der Waals surface area contributed by atoms with Crippen LogP contribution in [0.1, 0.15) is 20.7 Å². The Hall–Kier alpha value is -3.99. The Morgan fingerprint density at radius 3 is 2.39 bits per heavy atom. The first-order valence-electron chi connectivity index (χ1n) is 9.65. The molecule has 0 atom stereocenters. The van der Waals surface area contributed by atoms with E-state index in [1.54, 1.807) is 24.5 Å². The molecule has 33 heavy (non-hydrogen) atoms. The van der Waals surface area contributed by atoms with Crippen molar-refractivity contribution >= 4 is 35.3 Å². The second-order valence-electron chi connectivity index (χ2n) is 6.57. The lowest BCUT2D eigenvalue weighted by Gasteiger charge is -2.10. The van der Waals surface area contributed by atoms with Gasteiger partial charge in [0, 0.05) is 30.2 Å². The Labute approximate surface area is 194 Å². The van der Waals surface area contributed by atoms with Crippen molar-refractivity contribution < 1.29 is 23.9 Å². The highest BCUT2D eigenvalue weighted by Gasteiger charge is 2.17. The number of carbonyl (C=O) groups is 3. The molecule has 0 aliphatic rings. The number of hydrogen-bond acceptors (Lipinski definition) is 9. The van der Waals surface area contributed by atoms with Crippen molar-refractivity contribution in [2.75, 3.05) is 25.3 Å². The van der Waals surface area contributed by atoms with E-state index in [1.807, 2.05) is 10.6 Å². The number of anilines is 1. The van der Waals surface area contributed by atoms with Gasteiger partial charge in [-0.2, -0.15) is 0 Å². The average molecular weight is 468 g/mol. The summed E-state index contributed by atoms with van der Waals surface area (Å²) in [5.41, 5.74) is 1.26. The van der Waals surface area contributed by atoms with E-state index >= 15 is 0 Å². The third kappa shape index (κ3) is 5.83. The van der Waals surface area contributed by atoms with Gasteiger partial charge in [-0.15, -0.1) is 16.8 Å². The van der Waals surface area contributed by atoms with Crippen molar-refractivity contribution in [3.63, 3.8) is 0 Å². The summed E-state index contributed by atoms with van der Waals surface area (Å²) in [6.07, 6.45) is 5.05. The summed E-state index contributed by atoms with van der Waals surface area (Å²) < 4.78 is 11.2. The van der Waals surface area contributed by atoms with Crippen molar-refractivity contribution in [2.24, 2.45) is 0 Å². The van der Waals surface area contributed by atoms with Gasteiger partial charge in [0.15, 0.2) is 11.0 Å². The van der Waals surface area contributed by atoms with E-state index in [-0.39, 0.29) is 28.5 Å². The number of nitrogens with one attached hydrogen (secondary N) is 1. The zero-order valence-electron chi connectivity index (χ0n) is 18.0. The minimum absolute atomic E-state index is 0.0122. The third-order valence-corrected chi connectivity index (χ3v) is 5.31. The summed E-state index contributed by atoms with van der Waals surface area (Å²) >= 11 is 1.19. The van der Waals surface area contributed by atoms with Crippen LogP contribution >= 0.6 is 11.8 Å². The number of pyridine rings is 1. The van der Waals surface area contributed by atoms with Gasteiger partial charge in [0.2, 0.25) is 5.91 Å². The highest BCUT2D eigenvalue weighted by Crippen LogP contribution is 2.24. The lowest BCUT2D eigenvalue weighted by Crippen LogP contribution is -2.16. The van der Waals surface area contributed by atoms with Crippen molar-refractivity contribution in [3.05, 3.63) is 66.5 Å². The molecule has 0 radical (unpaired) electrons. The van der Waals surface area contributed by atoms with Crippen LogP contribution in [0.5, 0.6) is 0 Å². The highest BCUT2D eigenvalue weighted by molar-refractivity contribution is 7.99. The van der Waals surface area contributed by atoms with E-state index in [0.717, 1.165) is 5.56 Å². The molecule has 0 saturated carbocycles. The van der Waals surface area contributed by atoms with Crippen LogP contribution in [-0.2, 0) is 20.8 Å². The van der Waals surface area contributed by atoms with Gasteiger partial charge in [0.1, 0.15) is 0 Å². The molecule has 0 fully saturated rings. The monoisotopic (exact) mass is 467 g/mol. The Morgan fingerprint density at radius 2 is 1.82 bits per heavy atom. The van der Waals surface area contributed by atoms with E-state index in [0.29, 0.717) is 17.5 Å². The summed E-state index contributed by atoms with van der Waals surface area (Å²) in [7, 11) is 2.45. The van der Waals surface area contributed by atoms with Gasteiger partial charge >= 0.3 is 11.9 Å². The Bertz CT molecular complexity index is 1140. The topological polar surface area (TPSA) is 125 Å². The smallest absolute Gasteiger partial charge is 0.337 e. The maximum absolute atomic E-state index is 12.6. The van der Waals surface area contributed by atoms with E-state index in [1.165, 1.54) is 44.2 Å². The number of rotatable bonds is 9. The molecule has 2 aromatic heterocycles. The van der Waals surface area contributed by atoms with Crippen LogP contribution in [0.15, 0.2) is 60.5 Å². The van der Waals surface area contributed by atoms with Crippen LogP contribution in [0.2, 0.25) is 0 Å². The number of thioether (sulfide) groups is 1. The normalized spacial score (nSPS) is 10.4. The molecule has 3 aromatic rings. The van der Waals surface area contributed by atoms with E-state index in [2.05, 4.69) is 27.1 Å². The minimum atomic E-state index is -0.647. The molecule has 3 rings (SSSR count). The first kappa shape index (κ1) is 23.7. The van der Waals surface area contributed by atoms with Crippen LogP contribution in [0.25, 0.3) is 11.4 Å². The second-order valence-corrected chi connectivity index (χ2v) is 7.51. The standard InChI is InChI=1S/C22H21N5O5S/c1-4-8-27-19(14-6-5-7-23-12-14)25-26-22(27)33-13-18(28)24-17-10-15(20(29)31-2)9-16(11-17)21(30)32-3/h4-7,9-12H,1,8,13H2,2-3H3,(H,24,28). The number of carbonyl (C=O) groups excluding carboxylic acids is 3. The molecule has 2 heterocycles. The molecule has 1 aromatic carbocycles. The Morgan fingerprint density at radius 1 is 1.12 bits per heavy atom. The maximum Gasteiger partial charge on any atom is 0.337 e. The van der Waals surface area contributed by atoms with Crippen LogP contribution < -0.4 is 5.32 Å². The first-order chi connectivity index (χ1) is 16.0. The quantitative estimate of drug-likeness (QED) is 0.287. The molecule has 0 spiro atoms. The number of aromatic nitrogens is 4. The van der Waals surface area contributed by atoms with Crippen molar-refractivity contribution in [3.8, 4) is 11.4 Å². The predicted octanol–water partition coefficient (Wildman–Crippen LogP) is 2.83. The minimum Gasteiger partial charge on any atom is -0.465 e. The van der Waals surface area contributed by atoms with Gasteiger partial charge in [0.25, 0.3) is 0 Å². The average Bonchev–Trinajstić information content (AvgIpc) is 3.24. The number of allylic oxidation sites excluding steroid dienone is 1. The van der Waals surface area contributed by atoms with Gasteiger partial charge in [-0.05, 0) is 30.3 Å². The van der Waals surface area contributed by atoms with Crippen LogP contribution in [0.3, 0.4) is 0 Å². The number of esters is 2. The molecule has 0 saturated heterocycles. The Kier molecular flexibility index (Phi) is 7.92.